The Labute approximate surface area is 158 Å². The minimum Gasteiger partial charge on any atom is -0.357 e. The second-order valence-corrected chi connectivity index (χ2v) is 7.17. The molecule has 26 heavy (non-hydrogen) atoms. The van der Waals surface area contributed by atoms with Crippen LogP contribution >= 0.6 is 0 Å². The monoisotopic (exact) mass is 355 g/mol. The van der Waals surface area contributed by atoms with Gasteiger partial charge >= 0.3 is 0 Å². The summed E-state index contributed by atoms with van der Waals surface area (Å²) in [5.41, 5.74) is 1.27. The molecule has 0 amide bonds. The molecule has 0 fully saturated rings. The van der Waals surface area contributed by atoms with E-state index in [9.17, 15) is 0 Å². The van der Waals surface area contributed by atoms with Crippen molar-refractivity contribution >= 4 is 5.96 Å². The highest BCUT2D eigenvalue weighted by Gasteiger charge is 2.08. The van der Waals surface area contributed by atoms with Gasteiger partial charge in [0.25, 0.3) is 0 Å². The first-order valence-electron chi connectivity index (χ1n) is 9.67. The Morgan fingerprint density at radius 2 is 1.92 bits per heavy atom. The summed E-state index contributed by atoms with van der Waals surface area (Å²) in [6.07, 6.45) is 6.22. The van der Waals surface area contributed by atoms with Crippen molar-refractivity contribution in [3.8, 4) is 0 Å². The molecule has 2 rings (SSSR count). The maximum absolute atomic E-state index is 4.74. The Hall–Kier alpha value is -2.30. The van der Waals surface area contributed by atoms with Crippen LogP contribution in [0, 0.1) is 5.92 Å². The third-order valence-electron chi connectivity index (χ3n) is 4.28. The average molecular weight is 356 g/mol. The second-order valence-electron chi connectivity index (χ2n) is 7.17. The van der Waals surface area contributed by atoms with Gasteiger partial charge < -0.3 is 15.2 Å². The van der Waals surface area contributed by atoms with Crippen molar-refractivity contribution in [1.82, 2.24) is 20.2 Å². The van der Waals surface area contributed by atoms with E-state index in [0.717, 1.165) is 37.2 Å². The highest BCUT2D eigenvalue weighted by molar-refractivity contribution is 5.79. The molecule has 1 aromatic heterocycles. The summed E-state index contributed by atoms with van der Waals surface area (Å²) >= 11 is 0. The maximum Gasteiger partial charge on any atom is 0.191 e. The van der Waals surface area contributed by atoms with Crippen LogP contribution in [0.4, 0.5) is 0 Å². The zero-order chi connectivity index (χ0) is 18.8. The lowest BCUT2D eigenvalue weighted by atomic mass is 10.0. The summed E-state index contributed by atoms with van der Waals surface area (Å²) in [4.78, 5) is 9.22. The van der Waals surface area contributed by atoms with Gasteiger partial charge in [-0.05, 0) is 38.2 Å². The van der Waals surface area contributed by atoms with Crippen LogP contribution in [0.25, 0.3) is 0 Å². The number of hydrogen-bond donors (Lipinski definition) is 2. The Kier molecular flexibility index (Phi) is 8.19. The predicted octanol–water partition coefficient (Wildman–Crippen LogP) is 3.81. The Balaban J connectivity index is 1.97. The van der Waals surface area contributed by atoms with Crippen molar-refractivity contribution in [2.24, 2.45) is 10.9 Å². The van der Waals surface area contributed by atoms with Gasteiger partial charge in [-0.1, -0.05) is 44.2 Å². The predicted molar refractivity (Wildman–Crippen MR) is 109 cm³/mol. The summed E-state index contributed by atoms with van der Waals surface area (Å²) in [7, 11) is 0. The third kappa shape index (κ3) is 6.90. The fraction of sp³-hybridized carbons (Fsp3) is 0.524. The molecule has 0 aliphatic heterocycles. The molecule has 0 aliphatic carbocycles. The van der Waals surface area contributed by atoms with Gasteiger partial charge in [0.1, 0.15) is 12.4 Å². The van der Waals surface area contributed by atoms with Crippen molar-refractivity contribution in [1.29, 1.82) is 0 Å². The number of guanidine groups is 1. The lowest BCUT2D eigenvalue weighted by Crippen LogP contribution is -2.42. The topological polar surface area (TPSA) is 54.2 Å². The lowest BCUT2D eigenvalue weighted by molar-refractivity contribution is 0.489. The fourth-order valence-corrected chi connectivity index (χ4v) is 2.77. The molecule has 5 heteroatoms. The molecule has 142 valence electrons. The number of imidazole rings is 1. The summed E-state index contributed by atoms with van der Waals surface area (Å²) in [5.74, 6) is 2.56. The van der Waals surface area contributed by atoms with E-state index in [1.807, 2.05) is 18.5 Å². The smallest absolute Gasteiger partial charge is 0.191 e. The third-order valence-corrected chi connectivity index (χ3v) is 4.28. The van der Waals surface area contributed by atoms with Crippen LogP contribution < -0.4 is 10.6 Å². The SMILES string of the molecule is CCNC(=NCc1nccn1Cc1ccccc1)NC(C)CCC(C)C. The van der Waals surface area contributed by atoms with Crippen LogP contribution in [-0.4, -0.2) is 28.1 Å². The van der Waals surface area contributed by atoms with E-state index >= 15 is 0 Å². The van der Waals surface area contributed by atoms with Crippen molar-refractivity contribution in [3.05, 3.63) is 54.1 Å². The average Bonchev–Trinajstić information content (AvgIpc) is 3.06. The number of benzene rings is 1. The molecule has 5 nitrogen and oxygen atoms in total. The largest absolute Gasteiger partial charge is 0.357 e. The van der Waals surface area contributed by atoms with Gasteiger partial charge in [0.2, 0.25) is 0 Å². The first-order valence-corrected chi connectivity index (χ1v) is 9.67. The fourth-order valence-electron chi connectivity index (χ4n) is 2.77. The van der Waals surface area contributed by atoms with Crippen molar-refractivity contribution in [3.63, 3.8) is 0 Å². The normalized spacial score (nSPS) is 13.0. The molecule has 0 bridgehead atoms. The lowest BCUT2D eigenvalue weighted by Gasteiger charge is -2.18. The molecule has 0 aliphatic rings. The van der Waals surface area contributed by atoms with Crippen LogP contribution in [0.3, 0.4) is 0 Å². The Morgan fingerprint density at radius 1 is 1.15 bits per heavy atom. The Bertz CT molecular complexity index is 660. The maximum atomic E-state index is 4.74. The number of rotatable bonds is 9. The van der Waals surface area contributed by atoms with Crippen LogP contribution in [0.1, 0.15) is 51.9 Å². The van der Waals surface area contributed by atoms with Gasteiger partial charge in [-0.25, -0.2) is 9.98 Å². The van der Waals surface area contributed by atoms with Gasteiger partial charge in [-0.3, -0.25) is 0 Å². The zero-order valence-electron chi connectivity index (χ0n) is 16.6. The molecular formula is C21H33N5. The first-order chi connectivity index (χ1) is 12.6. The van der Waals surface area contributed by atoms with Crippen molar-refractivity contribution in [2.75, 3.05) is 6.54 Å². The molecule has 1 atom stereocenters. The van der Waals surface area contributed by atoms with E-state index in [0.29, 0.717) is 12.6 Å². The van der Waals surface area contributed by atoms with E-state index in [1.165, 1.54) is 12.0 Å². The molecule has 2 N–H and O–H groups in total. The molecule has 1 heterocycles. The van der Waals surface area contributed by atoms with E-state index in [1.54, 1.807) is 0 Å². The number of aromatic nitrogens is 2. The molecule has 2 aromatic rings. The van der Waals surface area contributed by atoms with Crippen molar-refractivity contribution in [2.45, 2.75) is 59.7 Å². The van der Waals surface area contributed by atoms with Crippen molar-refractivity contribution < 1.29 is 0 Å². The first kappa shape index (κ1) is 20.0. The van der Waals surface area contributed by atoms with Crippen LogP contribution in [0.5, 0.6) is 0 Å². The van der Waals surface area contributed by atoms with E-state index in [2.05, 4.69) is 72.1 Å². The molecule has 0 spiro atoms. The molecule has 0 saturated carbocycles. The number of aliphatic imine (C=N–C) groups is 1. The van der Waals surface area contributed by atoms with E-state index < -0.39 is 0 Å². The molecule has 0 saturated heterocycles. The van der Waals surface area contributed by atoms with Gasteiger partial charge in [-0.2, -0.15) is 0 Å². The molecular weight excluding hydrogens is 322 g/mol. The van der Waals surface area contributed by atoms with Gasteiger partial charge in [0.05, 0.1) is 0 Å². The van der Waals surface area contributed by atoms with Gasteiger partial charge in [0.15, 0.2) is 5.96 Å². The van der Waals surface area contributed by atoms with Crippen LogP contribution in [0.2, 0.25) is 0 Å². The second kappa shape index (κ2) is 10.6. The Morgan fingerprint density at radius 3 is 2.62 bits per heavy atom. The highest BCUT2D eigenvalue weighted by Crippen LogP contribution is 2.08. The number of nitrogens with zero attached hydrogens (tertiary/aromatic N) is 3. The summed E-state index contributed by atoms with van der Waals surface area (Å²) in [6.45, 7) is 11.1. The molecule has 1 aromatic carbocycles. The minimum absolute atomic E-state index is 0.402. The van der Waals surface area contributed by atoms with Gasteiger partial charge in [0, 0.05) is 31.5 Å². The van der Waals surface area contributed by atoms with Crippen LogP contribution in [0.15, 0.2) is 47.7 Å². The molecule has 1 unspecified atom stereocenters. The summed E-state index contributed by atoms with van der Waals surface area (Å²) < 4.78 is 2.16. The standard InChI is InChI=1S/C21H33N5/c1-5-22-21(25-18(4)12-11-17(2)3)24-15-20-23-13-14-26(20)16-19-9-7-6-8-10-19/h6-10,13-14,17-18H,5,11-12,15-16H2,1-4H3,(H2,22,24,25). The number of nitrogens with one attached hydrogen (secondary N) is 2. The summed E-state index contributed by atoms with van der Waals surface area (Å²) in [6, 6.07) is 10.8. The van der Waals surface area contributed by atoms with E-state index in [4.69, 9.17) is 4.99 Å². The molecule has 0 radical (unpaired) electrons. The zero-order valence-corrected chi connectivity index (χ0v) is 16.6. The van der Waals surface area contributed by atoms with Crippen LogP contribution in [-0.2, 0) is 13.1 Å². The summed E-state index contributed by atoms with van der Waals surface area (Å²) in [5, 5.41) is 6.84. The van der Waals surface area contributed by atoms with E-state index in [-0.39, 0.29) is 0 Å². The number of hydrogen-bond acceptors (Lipinski definition) is 2. The highest BCUT2D eigenvalue weighted by atomic mass is 15.2. The van der Waals surface area contributed by atoms with Gasteiger partial charge in [-0.15, -0.1) is 0 Å². The quantitative estimate of drug-likeness (QED) is 0.531. The minimum atomic E-state index is 0.402.